The summed E-state index contributed by atoms with van der Waals surface area (Å²) in [4.78, 5) is 15.7. The largest absolute Gasteiger partial charge is 0.378 e. The zero-order valence-electron chi connectivity index (χ0n) is 13.9. The van der Waals surface area contributed by atoms with Crippen LogP contribution in [0.1, 0.15) is 13.8 Å². The van der Waals surface area contributed by atoms with E-state index in [9.17, 15) is 5.26 Å². The molecular weight excluding hydrogens is 304 g/mol. The van der Waals surface area contributed by atoms with Crippen LogP contribution < -0.4 is 10.2 Å². The standard InChI is InChI=1S/C17H20N6O/c1-17(2,12-18)22-15-19-14(13-6-4-3-5-7-13)20-16(21-15)23-8-10-24-11-9-23/h3-7H,8-11H2,1-2H3,(H,19,20,21,22). The number of benzene rings is 1. The first-order valence-corrected chi connectivity index (χ1v) is 7.91. The van der Waals surface area contributed by atoms with Gasteiger partial charge in [-0.25, -0.2) is 0 Å². The molecule has 0 spiro atoms. The van der Waals surface area contributed by atoms with E-state index in [2.05, 4.69) is 31.2 Å². The second-order valence-corrected chi connectivity index (χ2v) is 6.11. The lowest BCUT2D eigenvalue weighted by molar-refractivity contribution is 0.122. The van der Waals surface area contributed by atoms with Gasteiger partial charge in [0, 0.05) is 18.7 Å². The highest BCUT2D eigenvalue weighted by atomic mass is 16.5. The Balaban J connectivity index is 2.00. The fraction of sp³-hybridized carbons (Fsp3) is 0.412. The molecule has 1 saturated heterocycles. The van der Waals surface area contributed by atoms with E-state index in [-0.39, 0.29) is 0 Å². The zero-order chi connectivity index (χ0) is 17.0. The number of hydrogen-bond donors (Lipinski definition) is 1. The van der Waals surface area contributed by atoms with Gasteiger partial charge in [0.1, 0.15) is 5.54 Å². The van der Waals surface area contributed by atoms with Crippen molar-refractivity contribution in [3.63, 3.8) is 0 Å². The number of aromatic nitrogens is 3. The van der Waals surface area contributed by atoms with Crippen molar-refractivity contribution < 1.29 is 4.74 Å². The maximum atomic E-state index is 9.25. The summed E-state index contributed by atoms with van der Waals surface area (Å²) >= 11 is 0. The normalized spacial score (nSPS) is 15.0. The Morgan fingerprint density at radius 3 is 2.50 bits per heavy atom. The van der Waals surface area contributed by atoms with Crippen molar-refractivity contribution in [2.45, 2.75) is 19.4 Å². The maximum absolute atomic E-state index is 9.25. The summed E-state index contributed by atoms with van der Waals surface area (Å²) in [5, 5.41) is 12.3. The smallest absolute Gasteiger partial charge is 0.230 e. The van der Waals surface area contributed by atoms with Crippen LogP contribution in [0, 0.1) is 11.3 Å². The van der Waals surface area contributed by atoms with Gasteiger partial charge in [-0.05, 0) is 13.8 Å². The lowest BCUT2D eigenvalue weighted by atomic mass is 10.1. The predicted octanol–water partition coefficient (Wildman–Crippen LogP) is 2.09. The molecule has 2 heterocycles. The molecule has 1 aliphatic rings. The molecule has 7 heteroatoms. The van der Waals surface area contributed by atoms with Gasteiger partial charge in [0.25, 0.3) is 0 Å². The summed E-state index contributed by atoms with van der Waals surface area (Å²) in [6.07, 6.45) is 0. The van der Waals surface area contributed by atoms with Gasteiger partial charge in [-0.3, -0.25) is 0 Å². The van der Waals surface area contributed by atoms with E-state index in [1.54, 1.807) is 13.8 Å². The molecule has 0 unspecified atom stereocenters. The highest BCUT2D eigenvalue weighted by Gasteiger charge is 2.21. The number of hydrogen-bond acceptors (Lipinski definition) is 7. The number of morpholine rings is 1. The van der Waals surface area contributed by atoms with Gasteiger partial charge < -0.3 is 15.0 Å². The number of anilines is 2. The summed E-state index contributed by atoms with van der Waals surface area (Å²) in [7, 11) is 0. The quantitative estimate of drug-likeness (QED) is 0.921. The molecule has 0 saturated carbocycles. The van der Waals surface area contributed by atoms with Gasteiger partial charge in [-0.15, -0.1) is 0 Å². The van der Waals surface area contributed by atoms with Gasteiger partial charge in [0.2, 0.25) is 11.9 Å². The highest BCUT2D eigenvalue weighted by Crippen LogP contribution is 2.21. The molecule has 0 bridgehead atoms. The Morgan fingerprint density at radius 2 is 1.83 bits per heavy atom. The van der Waals surface area contributed by atoms with Crippen molar-refractivity contribution >= 4 is 11.9 Å². The fourth-order valence-corrected chi connectivity index (χ4v) is 2.35. The SMILES string of the molecule is CC(C)(C#N)Nc1nc(-c2ccccc2)nc(N2CCOCC2)n1. The molecule has 1 aromatic heterocycles. The Labute approximate surface area is 141 Å². The van der Waals surface area contributed by atoms with Crippen LogP contribution in [0.25, 0.3) is 11.4 Å². The van der Waals surface area contributed by atoms with Crippen LogP contribution in [0.2, 0.25) is 0 Å². The van der Waals surface area contributed by atoms with E-state index in [0.717, 1.165) is 18.7 Å². The van der Waals surface area contributed by atoms with Crippen LogP contribution in [0.4, 0.5) is 11.9 Å². The topological polar surface area (TPSA) is 87.0 Å². The molecule has 1 aliphatic heterocycles. The number of rotatable bonds is 4. The molecule has 2 aromatic rings. The Hall–Kier alpha value is -2.72. The Morgan fingerprint density at radius 1 is 1.12 bits per heavy atom. The molecule has 1 fully saturated rings. The first-order valence-electron chi connectivity index (χ1n) is 7.91. The third-order valence-electron chi connectivity index (χ3n) is 3.65. The number of ether oxygens (including phenoxy) is 1. The molecule has 0 aliphatic carbocycles. The van der Waals surface area contributed by atoms with E-state index < -0.39 is 5.54 Å². The van der Waals surface area contributed by atoms with Crippen molar-refractivity contribution in [2.75, 3.05) is 36.5 Å². The van der Waals surface area contributed by atoms with Crippen LogP contribution in [-0.2, 0) is 4.74 Å². The minimum absolute atomic E-state index is 0.400. The van der Waals surface area contributed by atoms with Crippen molar-refractivity contribution in [1.82, 2.24) is 15.0 Å². The Bertz CT molecular complexity index is 734. The van der Waals surface area contributed by atoms with Gasteiger partial charge in [0.15, 0.2) is 5.82 Å². The molecule has 1 N–H and O–H groups in total. The molecule has 7 nitrogen and oxygen atoms in total. The lowest BCUT2D eigenvalue weighted by Crippen LogP contribution is -2.38. The Kier molecular flexibility index (Phi) is 4.58. The molecular formula is C17H20N6O. The maximum Gasteiger partial charge on any atom is 0.230 e. The lowest BCUT2D eigenvalue weighted by Gasteiger charge is -2.27. The third kappa shape index (κ3) is 3.78. The van der Waals surface area contributed by atoms with Crippen LogP contribution in [-0.4, -0.2) is 46.8 Å². The van der Waals surface area contributed by atoms with Gasteiger partial charge >= 0.3 is 0 Å². The van der Waals surface area contributed by atoms with E-state index in [0.29, 0.717) is 30.9 Å². The van der Waals surface area contributed by atoms with E-state index in [1.807, 2.05) is 30.3 Å². The third-order valence-corrected chi connectivity index (χ3v) is 3.65. The van der Waals surface area contributed by atoms with Gasteiger partial charge in [0.05, 0.1) is 19.3 Å². The number of nitrogens with zero attached hydrogens (tertiary/aromatic N) is 5. The van der Waals surface area contributed by atoms with Crippen molar-refractivity contribution in [3.05, 3.63) is 30.3 Å². The monoisotopic (exact) mass is 324 g/mol. The summed E-state index contributed by atoms with van der Waals surface area (Å²) < 4.78 is 5.39. The minimum atomic E-state index is -0.766. The molecule has 0 amide bonds. The molecule has 0 atom stereocenters. The molecule has 124 valence electrons. The second kappa shape index (κ2) is 6.81. The van der Waals surface area contributed by atoms with Gasteiger partial charge in [-0.2, -0.15) is 20.2 Å². The predicted molar refractivity (Wildman–Crippen MR) is 91.6 cm³/mol. The molecule has 24 heavy (non-hydrogen) atoms. The van der Waals surface area contributed by atoms with E-state index in [4.69, 9.17) is 4.74 Å². The summed E-state index contributed by atoms with van der Waals surface area (Å²) in [5.74, 6) is 1.59. The van der Waals surface area contributed by atoms with Crippen LogP contribution >= 0.6 is 0 Å². The van der Waals surface area contributed by atoms with Crippen molar-refractivity contribution in [2.24, 2.45) is 0 Å². The van der Waals surface area contributed by atoms with Crippen molar-refractivity contribution in [3.8, 4) is 17.5 Å². The van der Waals surface area contributed by atoms with E-state index in [1.165, 1.54) is 0 Å². The van der Waals surface area contributed by atoms with E-state index >= 15 is 0 Å². The molecule has 3 rings (SSSR count). The first kappa shape index (κ1) is 16.1. The fourth-order valence-electron chi connectivity index (χ4n) is 2.35. The van der Waals surface area contributed by atoms with Gasteiger partial charge in [-0.1, -0.05) is 30.3 Å². The number of nitrogens with one attached hydrogen (secondary N) is 1. The van der Waals surface area contributed by atoms with Crippen LogP contribution in [0.15, 0.2) is 30.3 Å². The highest BCUT2D eigenvalue weighted by molar-refractivity contribution is 5.58. The average molecular weight is 324 g/mol. The summed E-state index contributed by atoms with van der Waals surface area (Å²) in [6.45, 7) is 6.34. The van der Waals surface area contributed by atoms with Crippen molar-refractivity contribution in [1.29, 1.82) is 5.26 Å². The minimum Gasteiger partial charge on any atom is -0.378 e. The summed E-state index contributed by atoms with van der Waals surface area (Å²) in [6, 6.07) is 12.0. The first-order chi connectivity index (χ1) is 11.6. The second-order valence-electron chi connectivity index (χ2n) is 6.11. The zero-order valence-corrected chi connectivity index (χ0v) is 13.9. The van der Waals surface area contributed by atoms with Crippen LogP contribution in [0.3, 0.4) is 0 Å². The average Bonchev–Trinajstić information content (AvgIpc) is 2.62. The molecule has 1 aromatic carbocycles. The molecule has 0 radical (unpaired) electrons. The van der Waals surface area contributed by atoms with Crippen LogP contribution in [0.5, 0.6) is 0 Å². The number of nitriles is 1. The summed E-state index contributed by atoms with van der Waals surface area (Å²) in [5.41, 5.74) is 0.143.